The second-order valence-corrected chi connectivity index (χ2v) is 5.19. The molecule has 0 atom stereocenters. The summed E-state index contributed by atoms with van der Waals surface area (Å²) >= 11 is 7.60. The standard InChI is InChI=1S/C11H10ClN3O2S/c12-10-7-1-4-18-11(7)14-8(13-10)5-15-2-3-17-6-9(15)16/h1,4H,2-3,5-6H2. The van der Waals surface area contributed by atoms with Crippen LogP contribution in [0.5, 0.6) is 0 Å². The van der Waals surface area contributed by atoms with Crippen LogP contribution in [-0.2, 0) is 16.1 Å². The highest BCUT2D eigenvalue weighted by molar-refractivity contribution is 7.16. The molecule has 0 aliphatic carbocycles. The highest BCUT2D eigenvalue weighted by atomic mass is 35.5. The SMILES string of the molecule is O=C1COCCN1Cc1nc(Cl)c2ccsc2n1. The van der Waals surface area contributed by atoms with Crippen LogP contribution >= 0.6 is 22.9 Å². The van der Waals surface area contributed by atoms with Gasteiger partial charge >= 0.3 is 0 Å². The van der Waals surface area contributed by atoms with Crippen molar-refractivity contribution >= 4 is 39.1 Å². The summed E-state index contributed by atoms with van der Waals surface area (Å²) in [5.74, 6) is 0.539. The predicted octanol–water partition coefficient (Wildman–Crippen LogP) is 1.70. The third-order valence-corrected chi connectivity index (χ3v) is 3.84. The maximum Gasteiger partial charge on any atom is 0.249 e. The van der Waals surface area contributed by atoms with Crippen LogP contribution < -0.4 is 0 Å². The lowest BCUT2D eigenvalue weighted by Gasteiger charge is -2.25. The zero-order valence-electron chi connectivity index (χ0n) is 9.43. The average molecular weight is 284 g/mol. The third-order valence-electron chi connectivity index (χ3n) is 2.74. The van der Waals surface area contributed by atoms with Gasteiger partial charge in [0.25, 0.3) is 0 Å². The number of hydrogen-bond acceptors (Lipinski definition) is 5. The average Bonchev–Trinajstić information content (AvgIpc) is 2.81. The Morgan fingerprint density at radius 2 is 2.39 bits per heavy atom. The van der Waals surface area contributed by atoms with E-state index < -0.39 is 0 Å². The molecule has 1 saturated heterocycles. The molecule has 7 heteroatoms. The predicted molar refractivity (Wildman–Crippen MR) is 68.7 cm³/mol. The first-order chi connectivity index (χ1) is 8.74. The summed E-state index contributed by atoms with van der Waals surface area (Å²) in [6.07, 6.45) is 0. The zero-order valence-corrected chi connectivity index (χ0v) is 11.0. The van der Waals surface area contributed by atoms with Crippen molar-refractivity contribution in [2.24, 2.45) is 0 Å². The van der Waals surface area contributed by atoms with Crippen molar-refractivity contribution in [3.05, 3.63) is 22.4 Å². The fourth-order valence-electron chi connectivity index (χ4n) is 1.82. The molecule has 0 unspecified atom stereocenters. The molecule has 0 N–H and O–H groups in total. The number of halogens is 1. The van der Waals surface area contributed by atoms with E-state index in [1.54, 1.807) is 4.90 Å². The maximum atomic E-state index is 11.6. The molecular weight excluding hydrogens is 274 g/mol. The Bertz CT molecular complexity index is 601. The molecule has 2 aromatic rings. The number of fused-ring (bicyclic) bond motifs is 1. The van der Waals surface area contributed by atoms with Gasteiger partial charge in [-0.3, -0.25) is 4.79 Å². The number of carbonyl (C=O) groups excluding carboxylic acids is 1. The molecule has 0 saturated carbocycles. The Labute approximate surface area is 112 Å². The van der Waals surface area contributed by atoms with Gasteiger partial charge in [-0.2, -0.15) is 0 Å². The molecule has 1 aliphatic heterocycles. The zero-order chi connectivity index (χ0) is 12.5. The van der Waals surface area contributed by atoms with E-state index in [0.29, 0.717) is 30.7 Å². The normalized spacial score (nSPS) is 16.5. The quantitative estimate of drug-likeness (QED) is 0.787. The van der Waals surface area contributed by atoms with Gasteiger partial charge in [0, 0.05) is 11.9 Å². The molecule has 3 rings (SSSR count). The molecule has 2 aromatic heterocycles. The minimum Gasteiger partial charge on any atom is -0.370 e. The van der Waals surface area contributed by atoms with Crippen molar-refractivity contribution in [2.45, 2.75) is 6.54 Å². The van der Waals surface area contributed by atoms with Crippen molar-refractivity contribution < 1.29 is 9.53 Å². The number of thiophene rings is 1. The van der Waals surface area contributed by atoms with E-state index in [0.717, 1.165) is 10.2 Å². The number of morpholine rings is 1. The molecule has 18 heavy (non-hydrogen) atoms. The van der Waals surface area contributed by atoms with E-state index >= 15 is 0 Å². The molecule has 0 spiro atoms. The lowest BCUT2D eigenvalue weighted by Crippen LogP contribution is -2.41. The summed E-state index contributed by atoms with van der Waals surface area (Å²) in [4.78, 5) is 22.8. The van der Waals surface area contributed by atoms with Crippen molar-refractivity contribution in [3.8, 4) is 0 Å². The monoisotopic (exact) mass is 283 g/mol. The van der Waals surface area contributed by atoms with Crippen LogP contribution in [0, 0.1) is 0 Å². The molecule has 1 fully saturated rings. The largest absolute Gasteiger partial charge is 0.370 e. The van der Waals surface area contributed by atoms with E-state index in [1.807, 2.05) is 11.4 Å². The van der Waals surface area contributed by atoms with Gasteiger partial charge in [-0.15, -0.1) is 11.3 Å². The van der Waals surface area contributed by atoms with Crippen LogP contribution in [0.25, 0.3) is 10.2 Å². The highest BCUT2D eigenvalue weighted by Gasteiger charge is 2.20. The third kappa shape index (κ3) is 2.19. The van der Waals surface area contributed by atoms with Gasteiger partial charge < -0.3 is 9.64 Å². The highest BCUT2D eigenvalue weighted by Crippen LogP contribution is 2.25. The summed E-state index contributed by atoms with van der Waals surface area (Å²) in [6.45, 7) is 1.65. The van der Waals surface area contributed by atoms with Crippen LogP contribution in [-0.4, -0.2) is 40.5 Å². The first-order valence-corrected chi connectivity index (χ1v) is 6.75. The van der Waals surface area contributed by atoms with Crippen molar-refractivity contribution in [1.29, 1.82) is 0 Å². The van der Waals surface area contributed by atoms with Crippen molar-refractivity contribution in [3.63, 3.8) is 0 Å². The number of aromatic nitrogens is 2. The van der Waals surface area contributed by atoms with Gasteiger partial charge in [0.2, 0.25) is 5.91 Å². The van der Waals surface area contributed by atoms with E-state index in [4.69, 9.17) is 16.3 Å². The Morgan fingerprint density at radius 3 is 3.22 bits per heavy atom. The number of rotatable bonds is 2. The molecule has 1 amide bonds. The minimum atomic E-state index is -0.0350. The minimum absolute atomic E-state index is 0.0350. The van der Waals surface area contributed by atoms with Crippen molar-refractivity contribution in [1.82, 2.24) is 14.9 Å². The van der Waals surface area contributed by atoms with Crippen LogP contribution in [0.4, 0.5) is 0 Å². The van der Waals surface area contributed by atoms with Crippen LogP contribution in [0.1, 0.15) is 5.82 Å². The Hall–Kier alpha value is -1.24. The Kier molecular flexibility index (Phi) is 3.15. The second-order valence-electron chi connectivity index (χ2n) is 3.94. The Morgan fingerprint density at radius 1 is 1.50 bits per heavy atom. The summed E-state index contributed by atoms with van der Waals surface area (Å²) in [5, 5.41) is 3.23. The van der Waals surface area contributed by atoms with E-state index in [9.17, 15) is 4.79 Å². The van der Waals surface area contributed by atoms with Gasteiger partial charge in [0.15, 0.2) is 5.82 Å². The summed E-state index contributed by atoms with van der Waals surface area (Å²) < 4.78 is 5.08. The van der Waals surface area contributed by atoms with Gasteiger partial charge in [0.05, 0.1) is 13.2 Å². The fraction of sp³-hybridized carbons (Fsp3) is 0.364. The number of hydrogen-bond donors (Lipinski definition) is 0. The van der Waals surface area contributed by atoms with Gasteiger partial charge in [-0.1, -0.05) is 11.6 Å². The van der Waals surface area contributed by atoms with Gasteiger partial charge in [0.1, 0.15) is 16.6 Å². The Balaban J connectivity index is 1.87. The molecule has 3 heterocycles. The number of carbonyl (C=O) groups is 1. The summed E-state index contributed by atoms with van der Waals surface area (Å²) in [5.41, 5.74) is 0. The molecule has 0 bridgehead atoms. The van der Waals surface area contributed by atoms with Crippen LogP contribution in [0.15, 0.2) is 11.4 Å². The molecular formula is C11H10ClN3O2S. The van der Waals surface area contributed by atoms with Gasteiger partial charge in [-0.05, 0) is 11.4 Å². The molecule has 94 valence electrons. The first kappa shape index (κ1) is 11.8. The first-order valence-electron chi connectivity index (χ1n) is 5.49. The lowest BCUT2D eigenvalue weighted by molar-refractivity contribution is -0.143. The molecule has 5 nitrogen and oxygen atoms in total. The number of ether oxygens (including phenoxy) is 1. The van der Waals surface area contributed by atoms with Crippen LogP contribution in [0.3, 0.4) is 0 Å². The van der Waals surface area contributed by atoms with E-state index in [1.165, 1.54) is 11.3 Å². The summed E-state index contributed by atoms with van der Waals surface area (Å²) in [6, 6.07) is 1.89. The summed E-state index contributed by atoms with van der Waals surface area (Å²) in [7, 11) is 0. The molecule has 0 aromatic carbocycles. The van der Waals surface area contributed by atoms with Crippen molar-refractivity contribution in [2.75, 3.05) is 19.8 Å². The fourth-order valence-corrected chi connectivity index (χ4v) is 2.91. The lowest BCUT2D eigenvalue weighted by atomic mass is 10.3. The molecule has 1 aliphatic rings. The molecule has 0 radical (unpaired) electrons. The maximum absolute atomic E-state index is 11.6. The van der Waals surface area contributed by atoms with Gasteiger partial charge in [-0.25, -0.2) is 9.97 Å². The van der Waals surface area contributed by atoms with Crippen LogP contribution in [0.2, 0.25) is 5.15 Å². The number of amides is 1. The van der Waals surface area contributed by atoms with E-state index in [-0.39, 0.29) is 12.5 Å². The second kappa shape index (κ2) is 4.79. The topological polar surface area (TPSA) is 55.3 Å². The number of nitrogens with zero attached hydrogens (tertiary/aromatic N) is 3. The van der Waals surface area contributed by atoms with E-state index in [2.05, 4.69) is 9.97 Å². The smallest absolute Gasteiger partial charge is 0.249 e.